The van der Waals surface area contributed by atoms with E-state index in [2.05, 4.69) is 0 Å². The van der Waals surface area contributed by atoms with Crippen LogP contribution in [0.2, 0.25) is 0 Å². The third kappa shape index (κ3) is 7.92. The molecular formula is C7H18N2. The summed E-state index contributed by atoms with van der Waals surface area (Å²) < 4.78 is 0. The lowest BCUT2D eigenvalue weighted by Crippen LogP contribution is -2.33. The first-order valence-corrected chi connectivity index (χ1v) is 3.46. The Hall–Kier alpha value is -0.0800. The molecule has 2 heteroatoms. The van der Waals surface area contributed by atoms with Gasteiger partial charge in [-0.25, -0.2) is 0 Å². The lowest BCUT2D eigenvalue weighted by atomic mass is 9.98. The highest BCUT2D eigenvalue weighted by Gasteiger charge is 2.10. The van der Waals surface area contributed by atoms with Crippen LogP contribution >= 0.6 is 0 Å². The van der Waals surface area contributed by atoms with Crippen molar-refractivity contribution in [2.75, 3.05) is 0 Å². The fourth-order valence-electron chi connectivity index (χ4n) is 0.600. The van der Waals surface area contributed by atoms with Gasteiger partial charge in [0.25, 0.3) is 0 Å². The van der Waals surface area contributed by atoms with Gasteiger partial charge in [-0.05, 0) is 33.6 Å². The standard InChI is InChI=1S/C7H18N2/c1-6(8)4-5-7(2,3)9/h6H,4-5,8-9H2,1-3H3. The number of nitrogens with two attached hydrogens (primary N) is 2. The van der Waals surface area contributed by atoms with E-state index in [9.17, 15) is 0 Å². The van der Waals surface area contributed by atoms with Crippen LogP contribution in [-0.2, 0) is 0 Å². The van der Waals surface area contributed by atoms with E-state index >= 15 is 0 Å². The van der Waals surface area contributed by atoms with Crippen LogP contribution in [0.15, 0.2) is 0 Å². The molecule has 0 fully saturated rings. The molecule has 56 valence electrons. The second-order valence-corrected chi connectivity index (χ2v) is 3.50. The topological polar surface area (TPSA) is 52.0 Å². The fraction of sp³-hybridized carbons (Fsp3) is 1.00. The van der Waals surface area contributed by atoms with Crippen LogP contribution in [-0.4, -0.2) is 11.6 Å². The molecule has 0 aromatic rings. The average molecular weight is 130 g/mol. The van der Waals surface area contributed by atoms with Crippen LogP contribution < -0.4 is 11.5 Å². The molecule has 0 aliphatic heterocycles. The van der Waals surface area contributed by atoms with Gasteiger partial charge in [0.05, 0.1) is 0 Å². The lowest BCUT2D eigenvalue weighted by molar-refractivity contribution is 0.437. The zero-order chi connectivity index (χ0) is 7.49. The molecule has 0 rings (SSSR count). The average Bonchev–Trinajstić information content (AvgIpc) is 1.59. The Labute approximate surface area is 57.6 Å². The van der Waals surface area contributed by atoms with Crippen molar-refractivity contribution in [2.24, 2.45) is 11.5 Å². The molecule has 9 heavy (non-hydrogen) atoms. The smallest absolute Gasteiger partial charge is 0.00976 e. The van der Waals surface area contributed by atoms with Crippen LogP contribution in [0.3, 0.4) is 0 Å². The molecule has 1 unspecified atom stereocenters. The van der Waals surface area contributed by atoms with Crippen LogP contribution in [0.25, 0.3) is 0 Å². The summed E-state index contributed by atoms with van der Waals surface area (Å²) in [6, 6.07) is 0.285. The summed E-state index contributed by atoms with van der Waals surface area (Å²) in [4.78, 5) is 0. The van der Waals surface area contributed by atoms with Gasteiger partial charge in [-0.3, -0.25) is 0 Å². The minimum absolute atomic E-state index is 0.0480. The van der Waals surface area contributed by atoms with Crippen LogP contribution in [0.5, 0.6) is 0 Å². The summed E-state index contributed by atoms with van der Waals surface area (Å²) in [6.45, 7) is 6.05. The van der Waals surface area contributed by atoms with E-state index in [1.807, 2.05) is 20.8 Å². The van der Waals surface area contributed by atoms with Gasteiger partial charge in [-0.1, -0.05) is 0 Å². The molecule has 4 N–H and O–H groups in total. The molecule has 0 saturated heterocycles. The molecule has 0 aliphatic carbocycles. The highest BCUT2D eigenvalue weighted by Crippen LogP contribution is 2.07. The van der Waals surface area contributed by atoms with Gasteiger partial charge < -0.3 is 11.5 Å². The molecule has 0 aliphatic rings. The third-order valence-electron chi connectivity index (χ3n) is 1.24. The minimum atomic E-state index is -0.0480. The first kappa shape index (κ1) is 8.92. The quantitative estimate of drug-likeness (QED) is 0.595. The summed E-state index contributed by atoms with van der Waals surface area (Å²) in [5.74, 6) is 0. The van der Waals surface area contributed by atoms with E-state index in [4.69, 9.17) is 11.5 Å². The monoisotopic (exact) mass is 130 g/mol. The minimum Gasteiger partial charge on any atom is -0.328 e. The van der Waals surface area contributed by atoms with Crippen LogP contribution in [0, 0.1) is 0 Å². The zero-order valence-electron chi connectivity index (χ0n) is 6.65. The Morgan fingerprint density at radius 2 is 1.89 bits per heavy atom. The molecule has 0 bridgehead atoms. The predicted octanol–water partition coefficient (Wildman–Crippen LogP) is 0.851. The summed E-state index contributed by atoms with van der Waals surface area (Å²) in [5.41, 5.74) is 11.2. The zero-order valence-corrected chi connectivity index (χ0v) is 6.65. The largest absolute Gasteiger partial charge is 0.328 e. The second-order valence-electron chi connectivity index (χ2n) is 3.50. The van der Waals surface area contributed by atoms with Gasteiger partial charge in [0.1, 0.15) is 0 Å². The molecule has 1 atom stereocenters. The Morgan fingerprint density at radius 1 is 1.44 bits per heavy atom. The van der Waals surface area contributed by atoms with E-state index in [0.717, 1.165) is 12.8 Å². The van der Waals surface area contributed by atoms with Gasteiger partial charge in [0.15, 0.2) is 0 Å². The molecule has 0 heterocycles. The molecule has 0 amide bonds. The Bertz CT molecular complexity index is 71.5. The Balaban J connectivity index is 3.28. The van der Waals surface area contributed by atoms with E-state index in [0.29, 0.717) is 0 Å². The second kappa shape index (κ2) is 3.18. The van der Waals surface area contributed by atoms with Crippen LogP contribution in [0.4, 0.5) is 0 Å². The van der Waals surface area contributed by atoms with E-state index in [1.165, 1.54) is 0 Å². The molecule has 0 aromatic heterocycles. The Kier molecular flexibility index (Phi) is 3.15. The maximum Gasteiger partial charge on any atom is 0.00976 e. The lowest BCUT2D eigenvalue weighted by Gasteiger charge is -2.18. The maximum absolute atomic E-state index is 5.73. The van der Waals surface area contributed by atoms with E-state index in [-0.39, 0.29) is 11.6 Å². The molecule has 2 nitrogen and oxygen atoms in total. The summed E-state index contributed by atoms with van der Waals surface area (Å²) in [5, 5.41) is 0. The van der Waals surface area contributed by atoms with Gasteiger partial charge in [0, 0.05) is 11.6 Å². The van der Waals surface area contributed by atoms with Crippen molar-refractivity contribution in [1.82, 2.24) is 0 Å². The van der Waals surface area contributed by atoms with Crippen molar-refractivity contribution in [2.45, 2.75) is 45.2 Å². The molecule has 0 saturated carbocycles. The van der Waals surface area contributed by atoms with Crippen molar-refractivity contribution in [3.8, 4) is 0 Å². The molecule has 0 spiro atoms. The van der Waals surface area contributed by atoms with Gasteiger partial charge >= 0.3 is 0 Å². The molecule has 0 aromatic carbocycles. The fourth-order valence-corrected chi connectivity index (χ4v) is 0.600. The van der Waals surface area contributed by atoms with Crippen molar-refractivity contribution in [3.05, 3.63) is 0 Å². The van der Waals surface area contributed by atoms with Crippen LogP contribution in [0.1, 0.15) is 33.6 Å². The van der Waals surface area contributed by atoms with Crippen molar-refractivity contribution in [3.63, 3.8) is 0 Å². The third-order valence-corrected chi connectivity index (χ3v) is 1.24. The first-order chi connectivity index (χ1) is 3.92. The first-order valence-electron chi connectivity index (χ1n) is 3.46. The number of hydrogen-bond acceptors (Lipinski definition) is 2. The van der Waals surface area contributed by atoms with E-state index in [1.54, 1.807) is 0 Å². The maximum atomic E-state index is 5.73. The normalized spacial score (nSPS) is 15.7. The highest BCUT2D eigenvalue weighted by molar-refractivity contribution is 4.72. The Morgan fingerprint density at radius 3 is 2.00 bits per heavy atom. The highest BCUT2D eigenvalue weighted by atomic mass is 14.7. The SMILES string of the molecule is CC(N)CCC(C)(C)N. The van der Waals surface area contributed by atoms with E-state index < -0.39 is 0 Å². The van der Waals surface area contributed by atoms with Gasteiger partial charge in [0.2, 0.25) is 0 Å². The molecular weight excluding hydrogens is 112 g/mol. The number of hydrogen-bond donors (Lipinski definition) is 2. The predicted molar refractivity (Wildman–Crippen MR) is 41.1 cm³/mol. The number of rotatable bonds is 3. The van der Waals surface area contributed by atoms with Gasteiger partial charge in [-0.2, -0.15) is 0 Å². The molecule has 0 radical (unpaired) electrons. The summed E-state index contributed by atoms with van der Waals surface area (Å²) >= 11 is 0. The van der Waals surface area contributed by atoms with Crippen molar-refractivity contribution < 1.29 is 0 Å². The van der Waals surface area contributed by atoms with Crippen molar-refractivity contribution >= 4 is 0 Å². The van der Waals surface area contributed by atoms with Gasteiger partial charge in [-0.15, -0.1) is 0 Å². The summed E-state index contributed by atoms with van der Waals surface area (Å²) in [7, 11) is 0. The van der Waals surface area contributed by atoms with Crippen molar-refractivity contribution in [1.29, 1.82) is 0 Å². The summed E-state index contributed by atoms with van der Waals surface area (Å²) in [6.07, 6.45) is 2.02.